The first-order chi connectivity index (χ1) is 12.6. The van der Waals surface area contributed by atoms with Gasteiger partial charge < -0.3 is 18.6 Å². The van der Waals surface area contributed by atoms with Gasteiger partial charge in [-0.15, -0.1) is 0 Å². The Morgan fingerprint density at radius 1 is 1.23 bits per heavy atom. The number of nitrogens with zero attached hydrogens (tertiary/aromatic N) is 1. The van der Waals surface area contributed by atoms with Gasteiger partial charge in [-0.1, -0.05) is 6.92 Å². The van der Waals surface area contributed by atoms with Gasteiger partial charge in [0.15, 0.2) is 5.43 Å². The van der Waals surface area contributed by atoms with E-state index in [1.165, 1.54) is 6.07 Å². The van der Waals surface area contributed by atoms with Crippen LogP contribution in [0.3, 0.4) is 0 Å². The zero-order valence-corrected chi connectivity index (χ0v) is 15.1. The van der Waals surface area contributed by atoms with Crippen molar-refractivity contribution in [3.63, 3.8) is 0 Å². The van der Waals surface area contributed by atoms with Crippen LogP contribution >= 0.6 is 0 Å². The van der Waals surface area contributed by atoms with Crippen molar-refractivity contribution < 1.29 is 23.4 Å². The van der Waals surface area contributed by atoms with Gasteiger partial charge in [-0.3, -0.25) is 14.5 Å². The molecule has 0 bridgehead atoms. The van der Waals surface area contributed by atoms with Gasteiger partial charge in [0.2, 0.25) is 0 Å². The van der Waals surface area contributed by atoms with Crippen LogP contribution < -0.4 is 14.9 Å². The Bertz CT molecular complexity index is 838. The molecule has 0 atom stereocenters. The van der Waals surface area contributed by atoms with Crippen LogP contribution in [0.2, 0.25) is 0 Å². The number of hydrogen-bond acceptors (Lipinski definition) is 7. The van der Waals surface area contributed by atoms with E-state index in [-0.39, 0.29) is 23.0 Å². The third-order valence-corrected chi connectivity index (χ3v) is 4.18. The highest BCUT2D eigenvalue weighted by atomic mass is 16.5. The third-order valence-electron chi connectivity index (χ3n) is 4.18. The van der Waals surface area contributed by atoms with Gasteiger partial charge in [0, 0.05) is 44.3 Å². The monoisotopic (exact) mass is 361 g/mol. The highest BCUT2D eigenvalue weighted by molar-refractivity contribution is 5.88. The molecule has 0 N–H and O–H groups in total. The third kappa shape index (κ3) is 4.42. The largest absolute Gasteiger partial charge is 0.492 e. The number of esters is 1. The zero-order valence-electron chi connectivity index (χ0n) is 15.1. The summed E-state index contributed by atoms with van der Waals surface area (Å²) in [6.45, 7) is 7.87. The molecule has 1 aliphatic rings. The second-order valence-electron chi connectivity index (χ2n) is 6.15. The summed E-state index contributed by atoms with van der Waals surface area (Å²) in [5.41, 5.74) is 0.0975. The van der Waals surface area contributed by atoms with E-state index >= 15 is 0 Å². The molecule has 1 aromatic heterocycles. The van der Waals surface area contributed by atoms with Crippen LogP contribution in [0.4, 0.5) is 0 Å². The lowest BCUT2D eigenvalue weighted by Gasteiger charge is -2.26. The molecular weight excluding hydrogens is 338 g/mol. The van der Waals surface area contributed by atoms with Gasteiger partial charge in [-0.05, 0) is 6.92 Å². The molecule has 0 amide bonds. The summed E-state index contributed by atoms with van der Waals surface area (Å²) in [7, 11) is 0. The lowest BCUT2D eigenvalue weighted by atomic mass is 10.2. The van der Waals surface area contributed by atoms with E-state index in [0.717, 1.165) is 32.8 Å². The van der Waals surface area contributed by atoms with E-state index in [1.54, 1.807) is 26.0 Å². The fraction of sp³-hybridized carbons (Fsp3) is 0.474. The van der Waals surface area contributed by atoms with Crippen LogP contribution in [0, 0.1) is 6.92 Å². The van der Waals surface area contributed by atoms with Crippen molar-refractivity contribution in [2.24, 2.45) is 0 Å². The van der Waals surface area contributed by atoms with Gasteiger partial charge >= 0.3 is 5.97 Å². The van der Waals surface area contributed by atoms with Crippen molar-refractivity contribution in [1.29, 1.82) is 0 Å². The summed E-state index contributed by atoms with van der Waals surface area (Å²) in [4.78, 5) is 26.3. The Labute approximate surface area is 151 Å². The summed E-state index contributed by atoms with van der Waals surface area (Å²) in [5.74, 6) is 0.736. The maximum Gasteiger partial charge on any atom is 0.310 e. The van der Waals surface area contributed by atoms with E-state index < -0.39 is 5.97 Å². The topological polar surface area (TPSA) is 78.2 Å². The van der Waals surface area contributed by atoms with Crippen LogP contribution in [0.1, 0.15) is 19.1 Å². The summed E-state index contributed by atoms with van der Waals surface area (Å²) >= 11 is 0. The number of carbonyl (C=O) groups excluding carboxylic acids is 1. The average molecular weight is 361 g/mol. The predicted octanol–water partition coefficient (Wildman–Crippen LogP) is 2.13. The molecule has 2 heterocycles. The molecule has 1 aromatic carbocycles. The molecule has 7 nitrogen and oxygen atoms in total. The van der Waals surface area contributed by atoms with Crippen molar-refractivity contribution in [3.05, 3.63) is 34.2 Å². The quantitative estimate of drug-likeness (QED) is 0.576. The molecule has 2 aromatic rings. The first-order valence-electron chi connectivity index (χ1n) is 8.79. The van der Waals surface area contributed by atoms with Gasteiger partial charge in [-0.25, -0.2) is 0 Å². The van der Waals surface area contributed by atoms with Gasteiger partial charge in [0.1, 0.15) is 34.8 Å². The summed E-state index contributed by atoms with van der Waals surface area (Å²) in [6, 6.07) is 4.61. The van der Waals surface area contributed by atoms with Gasteiger partial charge in [0.05, 0.1) is 13.2 Å². The number of hydrogen-bond donors (Lipinski definition) is 0. The number of carbonyl (C=O) groups is 1. The van der Waals surface area contributed by atoms with Crippen LogP contribution in [-0.2, 0) is 9.53 Å². The van der Waals surface area contributed by atoms with E-state index in [0.29, 0.717) is 23.7 Å². The number of fused-ring (bicyclic) bond motifs is 1. The van der Waals surface area contributed by atoms with Crippen molar-refractivity contribution in [2.45, 2.75) is 20.3 Å². The molecular formula is C19H23NO6. The van der Waals surface area contributed by atoms with Crippen LogP contribution in [0.25, 0.3) is 11.0 Å². The summed E-state index contributed by atoms with van der Waals surface area (Å²) in [6.07, 6.45) is 0.209. The van der Waals surface area contributed by atoms with Crippen molar-refractivity contribution in [1.82, 2.24) is 4.90 Å². The number of benzene rings is 1. The Morgan fingerprint density at radius 3 is 2.73 bits per heavy atom. The minimum Gasteiger partial charge on any atom is -0.492 e. The molecule has 26 heavy (non-hydrogen) atoms. The number of ether oxygens (including phenoxy) is 3. The molecule has 140 valence electrons. The SMILES string of the molecule is CCC(=O)Oc1cc(OCCN2CCOCC2)cc2oc(C)cc(=O)c12. The Hall–Kier alpha value is -2.38. The van der Waals surface area contributed by atoms with E-state index in [1.807, 2.05) is 0 Å². The Kier molecular flexibility index (Phi) is 5.90. The fourth-order valence-corrected chi connectivity index (χ4v) is 2.82. The first kappa shape index (κ1) is 18.4. The fourth-order valence-electron chi connectivity index (χ4n) is 2.82. The number of aryl methyl sites for hydroxylation is 1. The number of morpholine rings is 1. The van der Waals surface area contributed by atoms with Gasteiger partial charge in [-0.2, -0.15) is 0 Å². The van der Waals surface area contributed by atoms with Crippen LogP contribution in [0.5, 0.6) is 11.5 Å². The van der Waals surface area contributed by atoms with Gasteiger partial charge in [0.25, 0.3) is 0 Å². The molecule has 0 saturated carbocycles. The molecule has 0 unspecified atom stereocenters. The predicted molar refractivity (Wildman–Crippen MR) is 95.9 cm³/mol. The normalized spacial score (nSPS) is 15.2. The Balaban J connectivity index is 1.83. The average Bonchev–Trinajstić information content (AvgIpc) is 2.61. The maximum absolute atomic E-state index is 12.3. The summed E-state index contributed by atoms with van der Waals surface area (Å²) in [5, 5.41) is 0.248. The number of rotatable bonds is 6. The second-order valence-corrected chi connectivity index (χ2v) is 6.15. The van der Waals surface area contributed by atoms with Crippen molar-refractivity contribution in [2.75, 3.05) is 39.5 Å². The molecule has 1 aliphatic heterocycles. The maximum atomic E-state index is 12.3. The lowest BCUT2D eigenvalue weighted by Crippen LogP contribution is -2.38. The van der Waals surface area contributed by atoms with Crippen molar-refractivity contribution >= 4 is 16.9 Å². The standard InChI is InChI=1S/C19H23NO6/c1-3-18(22)26-17-12-14(24-9-6-20-4-7-23-8-5-20)11-16-19(17)15(21)10-13(2)25-16/h10-12H,3-9H2,1-2H3. The molecule has 7 heteroatoms. The summed E-state index contributed by atoms with van der Waals surface area (Å²) < 4.78 is 22.1. The lowest BCUT2D eigenvalue weighted by molar-refractivity contribution is -0.133. The molecule has 0 spiro atoms. The van der Waals surface area contributed by atoms with E-state index in [9.17, 15) is 9.59 Å². The molecule has 1 fully saturated rings. The van der Waals surface area contributed by atoms with Crippen LogP contribution in [-0.4, -0.2) is 50.3 Å². The van der Waals surface area contributed by atoms with Crippen LogP contribution in [0.15, 0.2) is 27.4 Å². The van der Waals surface area contributed by atoms with E-state index in [4.69, 9.17) is 18.6 Å². The molecule has 0 radical (unpaired) electrons. The molecule has 0 aliphatic carbocycles. The Morgan fingerprint density at radius 2 is 2.00 bits per heavy atom. The minimum atomic E-state index is -0.420. The van der Waals surface area contributed by atoms with E-state index in [2.05, 4.69) is 4.90 Å². The zero-order chi connectivity index (χ0) is 18.5. The van der Waals surface area contributed by atoms with Crippen molar-refractivity contribution in [3.8, 4) is 11.5 Å². The second kappa shape index (κ2) is 8.33. The smallest absolute Gasteiger partial charge is 0.310 e. The molecule has 1 saturated heterocycles. The molecule has 3 rings (SSSR count). The first-order valence-corrected chi connectivity index (χ1v) is 8.79. The highest BCUT2D eigenvalue weighted by Gasteiger charge is 2.16. The highest BCUT2D eigenvalue weighted by Crippen LogP contribution is 2.30. The minimum absolute atomic E-state index is 0.171.